The molecule has 0 atom stereocenters. The Kier molecular flexibility index (Phi) is 8.81. The van der Waals surface area contributed by atoms with Crippen molar-refractivity contribution in [2.45, 2.75) is 4.90 Å². The number of nitro benzene ring substituents is 1. The van der Waals surface area contributed by atoms with Crippen molar-refractivity contribution in [2.75, 3.05) is 37.0 Å². The predicted molar refractivity (Wildman–Crippen MR) is 133 cm³/mol. The zero-order chi connectivity index (χ0) is 27.9. The van der Waals surface area contributed by atoms with Gasteiger partial charge in [0.25, 0.3) is 21.6 Å². The van der Waals surface area contributed by atoms with Crippen molar-refractivity contribution in [1.29, 1.82) is 0 Å². The Morgan fingerprint density at radius 2 is 1.68 bits per heavy atom. The van der Waals surface area contributed by atoms with Gasteiger partial charge in [-0.1, -0.05) is 0 Å². The molecule has 1 N–H and O–H groups in total. The van der Waals surface area contributed by atoms with Gasteiger partial charge < -0.3 is 19.5 Å². The third-order valence-electron chi connectivity index (χ3n) is 5.06. The number of methoxy groups -OCH3 is 1. The molecule has 0 saturated heterocycles. The summed E-state index contributed by atoms with van der Waals surface area (Å²) < 4.78 is 54.7. The van der Waals surface area contributed by atoms with Crippen molar-refractivity contribution in [3.05, 3.63) is 82.7 Å². The average molecular weight is 548 g/mol. The molecule has 3 rings (SSSR count). The van der Waals surface area contributed by atoms with Crippen molar-refractivity contribution in [1.82, 2.24) is 0 Å². The smallest absolute Gasteiger partial charge is 0.344 e. The van der Waals surface area contributed by atoms with E-state index in [-0.39, 0.29) is 27.8 Å². The van der Waals surface area contributed by atoms with Crippen LogP contribution in [0.15, 0.2) is 71.6 Å². The van der Waals surface area contributed by atoms with Crippen LogP contribution in [-0.4, -0.2) is 52.6 Å². The molecule has 0 aromatic heterocycles. The molecular formula is C24H22FN3O9S. The van der Waals surface area contributed by atoms with Gasteiger partial charge in [0.15, 0.2) is 13.2 Å². The van der Waals surface area contributed by atoms with Gasteiger partial charge in [-0.15, -0.1) is 0 Å². The van der Waals surface area contributed by atoms with Crippen LogP contribution in [0.3, 0.4) is 0 Å². The summed E-state index contributed by atoms with van der Waals surface area (Å²) in [6.07, 6.45) is 0. The zero-order valence-corrected chi connectivity index (χ0v) is 20.9. The number of sulfonamides is 1. The molecule has 0 fully saturated rings. The van der Waals surface area contributed by atoms with Crippen LogP contribution in [0.5, 0.6) is 11.5 Å². The largest absolute Gasteiger partial charge is 0.494 e. The van der Waals surface area contributed by atoms with Gasteiger partial charge in [-0.2, -0.15) is 0 Å². The third kappa shape index (κ3) is 6.94. The lowest BCUT2D eigenvalue weighted by Crippen LogP contribution is -2.26. The summed E-state index contributed by atoms with van der Waals surface area (Å²) in [5, 5.41) is 13.3. The summed E-state index contributed by atoms with van der Waals surface area (Å²) in [4.78, 5) is 34.2. The van der Waals surface area contributed by atoms with E-state index in [0.717, 1.165) is 34.6 Å². The number of esters is 1. The van der Waals surface area contributed by atoms with E-state index in [1.165, 1.54) is 50.6 Å². The van der Waals surface area contributed by atoms with Crippen LogP contribution < -0.4 is 19.1 Å². The normalized spacial score (nSPS) is 10.8. The molecule has 0 spiro atoms. The maximum Gasteiger partial charge on any atom is 0.344 e. The molecule has 3 aromatic carbocycles. The molecule has 0 unspecified atom stereocenters. The lowest BCUT2D eigenvalue weighted by atomic mass is 10.2. The molecule has 0 aliphatic heterocycles. The minimum atomic E-state index is -3.92. The Hall–Kier alpha value is -4.72. The fourth-order valence-electron chi connectivity index (χ4n) is 3.07. The van der Waals surface area contributed by atoms with E-state index in [0.29, 0.717) is 5.69 Å². The van der Waals surface area contributed by atoms with Crippen molar-refractivity contribution in [3.63, 3.8) is 0 Å². The number of hydrogen-bond acceptors (Lipinski definition) is 9. The second-order valence-electron chi connectivity index (χ2n) is 7.56. The van der Waals surface area contributed by atoms with Gasteiger partial charge in [-0.25, -0.2) is 17.6 Å². The van der Waals surface area contributed by atoms with Crippen molar-refractivity contribution in [2.24, 2.45) is 0 Å². The number of non-ortho nitro benzene ring substituents is 1. The third-order valence-corrected chi connectivity index (χ3v) is 6.86. The van der Waals surface area contributed by atoms with E-state index in [1.807, 2.05) is 0 Å². The minimum absolute atomic E-state index is 0.0572. The minimum Gasteiger partial charge on any atom is -0.494 e. The standard InChI is InChI=1S/C24H22FN3O9S/c1-27(38(33,34)20-10-3-16(25)4-11-20)17-5-8-19(9-6-17)36-15-24(30)37-14-23(29)26-21-12-7-18(28(31)32)13-22(21)35-2/h3-13H,14-15H2,1-2H3,(H,26,29). The van der Waals surface area contributed by atoms with Crippen LogP contribution in [0.4, 0.5) is 21.5 Å². The summed E-state index contributed by atoms with van der Waals surface area (Å²) in [6, 6.07) is 13.8. The van der Waals surface area contributed by atoms with Crippen molar-refractivity contribution < 1.29 is 41.5 Å². The van der Waals surface area contributed by atoms with Gasteiger partial charge in [-0.3, -0.25) is 19.2 Å². The molecule has 0 bridgehead atoms. The fourth-order valence-corrected chi connectivity index (χ4v) is 4.26. The number of rotatable bonds is 11. The van der Waals surface area contributed by atoms with E-state index >= 15 is 0 Å². The summed E-state index contributed by atoms with van der Waals surface area (Å²) >= 11 is 0. The topological polar surface area (TPSA) is 154 Å². The van der Waals surface area contributed by atoms with Crippen LogP contribution in [0.1, 0.15) is 0 Å². The van der Waals surface area contributed by atoms with E-state index in [2.05, 4.69) is 5.32 Å². The van der Waals surface area contributed by atoms with Gasteiger partial charge in [0.1, 0.15) is 17.3 Å². The number of halogens is 1. The Labute approximate surface area is 216 Å². The summed E-state index contributed by atoms with van der Waals surface area (Å²) in [5.41, 5.74) is 0.224. The first-order chi connectivity index (χ1) is 18.0. The Morgan fingerprint density at radius 3 is 2.29 bits per heavy atom. The quantitative estimate of drug-likeness (QED) is 0.217. The lowest BCUT2D eigenvalue weighted by molar-refractivity contribution is -0.384. The van der Waals surface area contributed by atoms with Crippen molar-refractivity contribution >= 4 is 39.0 Å². The first-order valence-electron chi connectivity index (χ1n) is 10.8. The number of carbonyl (C=O) groups is 2. The number of nitro groups is 1. The Bertz CT molecular complexity index is 1430. The lowest BCUT2D eigenvalue weighted by Gasteiger charge is -2.19. The van der Waals surface area contributed by atoms with Crippen LogP contribution >= 0.6 is 0 Å². The van der Waals surface area contributed by atoms with Gasteiger partial charge in [0.2, 0.25) is 0 Å². The van der Waals surface area contributed by atoms with Gasteiger partial charge in [0.05, 0.1) is 34.4 Å². The second-order valence-corrected chi connectivity index (χ2v) is 9.53. The first kappa shape index (κ1) is 27.9. The number of nitrogens with one attached hydrogen (secondary N) is 1. The van der Waals surface area contributed by atoms with E-state index < -0.39 is 45.9 Å². The fraction of sp³-hybridized carbons (Fsp3) is 0.167. The Morgan fingerprint density at radius 1 is 1.03 bits per heavy atom. The van der Waals surface area contributed by atoms with Crippen molar-refractivity contribution in [3.8, 4) is 11.5 Å². The van der Waals surface area contributed by atoms with Crippen LogP contribution in [0, 0.1) is 15.9 Å². The number of amides is 1. The Balaban J connectivity index is 1.50. The summed E-state index contributed by atoms with van der Waals surface area (Å²) in [6.45, 7) is -1.18. The number of hydrogen-bond donors (Lipinski definition) is 1. The first-order valence-corrected chi connectivity index (χ1v) is 12.2. The highest BCUT2D eigenvalue weighted by Crippen LogP contribution is 2.29. The SMILES string of the molecule is COc1cc([N+](=O)[O-])ccc1NC(=O)COC(=O)COc1ccc(N(C)S(=O)(=O)c2ccc(F)cc2)cc1. The number of ether oxygens (including phenoxy) is 3. The molecule has 1 amide bonds. The molecule has 0 aliphatic carbocycles. The van der Waals surface area contributed by atoms with Crippen LogP contribution in [0.25, 0.3) is 0 Å². The highest BCUT2D eigenvalue weighted by molar-refractivity contribution is 7.92. The highest BCUT2D eigenvalue weighted by Gasteiger charge is 2.21. The maximum absolute atomic E-state index is 13.1. The molecule has 14 heteroatoms. The number of benzene rings is 3. The zero-order valence-electron chi connectivity index (χ0n) is 20.1. The van der Waals surface area contributed by atoms with E-state index in [1.54, 1.807) is 0 Å². The molecule has 3 aromatic rings. The van der Waals surface area contributed by atoms with E-state index in [4.69, 9.17) is 14.2 Å². The number of carbonyl (C=O) groups excluding carboxylic acids is 2. The van der Waals surface area contributed by atoms with Gasteiger partial charge in [-0.05, 0) is 54.6 Å². The molecule has 38 heavy (non-hydrogen) atoms. The number of anilines is 2. The molecule has 0 radical (unpaired) electrons. The van der Waals surface area contributed by atoms with Gasteiger partial charge >= 0.3 is 5.97 Å². The number of nitrogens with zero attached hydrogens (tertiary/aromatic N) is 2. The van der Waals surface area contributed by atoms with Gasteiger partial charge in [0, 0.05) is 13.1 Å². The molecule has 0 saturated carbocycles. The van der Waals surface area contributed by atoms with E-state index in [9.17, 15) is 32.5 Å². The van der Waals surface area contributed by atoms with Crippen LogP contribution in [0.2, 0.25) is 0 Å². The average Bonchev–Trinajstić information content (AvgIpc) is 2.91. The monoisotopic (exact) mass is 547 g/mol. The summed E-state index contributed by atoms with van der Waals surface area (Å²) in [5.74, 6) is -1.83. The highest BCUT2D eigenvalue weighted by atomic mass is 32.2. The molecule has 0 heterocycles. The molecule has 0 aliphatic rings. The molecular weight excluding hydrogens is 525 g/mol. The molecule has 12 nitrogen and oxygen atoms in total. The predicted octanol–water partition coefficient (Wildman–Crippen LogP) is 3.13. The summed E-state index contributed by atoms with van der Waals surface area (Å²) in [7, 11) is -1.30. The van der Waals surface area contributed by atoms with Crippen LogP contribution in [-0.2, 0) is 24.3 Å². The maximum atomic E-state index is 13.1. The second kappa shape index (κ2) is 12.0. The molecule has 200 valence electrons.